The molecule has 3 rings (SSSR count). The van der Waals surface area contributed by atoms with E-state index in [1.165, 1.54) is 6.07 Å². The minimum Gasteiger partial charge on any atom is -0.478 e. The van der Waals surface area contributed by atoms with E-state index in [4.69, 9.17) is 9.15 Å². The second-order valence-corrected chi connectivity index (χ2v) is 7.43. The number of piperazine rings is 1. The van der Waals surface area contributed by atoms with Crippen LogP contribution in [-0.4, -0.2) is 58.8 Å². The Kier molecular flexibility index (Phi) is 5.25. The van der Waals surface area contributed by atoms with Gasteiger partial charge in [-0.05, 0) is 31.9 Å². The molecule has 0 unspecified atom stereocenters. The molecule has 1 amide bonds. The third-order valence-corrected chi connectivity index (χ3v) is 4.58. The molecule has 1 N–H and O–H groups in total. The Hall–Kier alpha value is -2.77. The van der Waals surface area contributed by atoms with Crippen molar-refractivity contribution in [3.63, 3.8) is 0 Å². The standard InChI is InChI=1S/C19H25N3O5/c1-11(2)10-26-19(25)21-8-12(3)22(13(4)9-21)18-20-16-14(17(23)24)6-5-7-15(16)27-18/h5-7,11-13H,8-10H2,1-4H3,(H,23,24)/t12-,13-/m0/s1. The zero-order valence-electron chi connectivity index (χ0n) is 16.0. The molecule has 1 fully saturated rings. The molecule has 0 radical (unpaired) electrons. The van der Waals surface area contributed by atoms with Gasteiger partial charge in [-0.25, -0.2) is 9.59 Å². The fourth-order valence-corrected chi connectivity index (χ4v) is 3.40. The van der Waals surface area contributed by atoms with Crippen LogP contribution < -0.4 is 4.90 Å². The largest absolute Gasteiger partial charge is 0.478 e. The molecule has 146 valence electrons. The van der Waals surface area contributed by atoms with E-state index in [1.807, 2.05) is 32.6 Å². The van der Waals surface area contributed by atoms with E-state index < -0.39 is 5.97 Å². The van der Waals surface area contributed by atoms with Gasteiger partial charge in [0.15, 0.2) is 5.58 Å². The summed E-state index contributed by atoms with van der Waals surface area (Å²) in [5.41, 5.74) is 0.875. The Morgan fingerprint density at radius 3 is 2.56 bits per heavy atom. The van der Waals surface area contributed by atoms with Crippen molar-refractivity contribution in [2.45, 2.75) is 39.8 Å². The van der Waals surface area contributed by atoms with Crippen molar-refractivity contribution in [3.05, 3.63) is 23.8 Å². The number of carboxylic acid groups (broad SMARTS) is 1. The maximum atomic E-state index is 12.3. The van der Waals surface area contributed by atoms with Gasteiger partial charge in [0.25, 0.3) is 6.01 Å². The van der Waals surface area contributed by atoms with Crippen LogP contribution in [0, 0.1) is 5.92 Å². The fourth-order valence-electron chi connectivity index (χ4n) is 3.40. The van der Waals surface area contributed by atoms with Crippen LogP contribution in [0.2, 0.25) is 0 Å². The van der Waals surface area contributed by atoms with Gasteiger partial charge < -0.3 is 24.1 Å². The van der Waals surface area contributed by atoms with Crippen molar-refractivity contribution in [3.8, 4) is 0 Å². The normalized spacial score (nSPS) is 20.3. The van der Waals surface area contributed by atoms with Crippen molar-refractivity contribution in [2.24, 2.45) is 5.92 Å². The van der Waals surface area contributed by atoms with E-state index in [0.717, 1.165) is 0 Å². The number of ether oxygens (including phenoxy) is 1. The molecule has 0 saturated carbocycles. The van der Waals surface area contributed by atoms with Crippen LogP contribution in [0.25, 0.3) is 11.1 Å². The number of aromatic carboxylic acids is 1. The van der Waals surface area contributed by atoms with Crippen molar-refractivity contribution in [1.82, 2.24) is 9.88 Å². The van der Waals surface area contributed by atoms with Crippen LogP contribution in [0.1, 0.15) is 38.1 Å². The molecule has 0 bridgehead atoms. The number of carbonyl (C=O) groups is 2. The van der Waals surface area contributed by atoms with E-state index >= 15 is 0 Å². The van der Waals surface area contributed by atoms with E-state index in [1.54, 1.807) is 17.0 Å². The SMILES string of the molecule is CC(C)COC(=O)N1C[C@H](C)N(c2nc3c(C(=O)O)cccc3o2)[C@@H](C)C1. The molecule has 1 aliphatic rings. The average molecular weight is 375 g/mol. The lowest BCUT2D eigenvalue weighted by atomic mass is 10.1. The number of aromatic nitrogens is 1. The number of carboxylic acids is 1. The number of anilines is 1. The summed E-state index contributed by atoms with van der Waals surface area (Å²) in [6.07, 6.45) is -0.312. The highest BCUT2D eigenvalue weighted by Crippen LogP contribution is 2.29. The third-order valence-electron chi connectivity index (χ3n) is 4.58. The van der Waals surface area contributed by atoms with Gasteiger partial charge in [0.2, 0.25) is 0 Å². The zero-order valence-corrected chi connectivity index (χ0v) is 16.0. The highest BCUT2D eigenvalue weighted by molar-refractivity contribution is 6.00. The number of carbonyl (C=O) groups excluding carboxylic acids is 1. The summed E-state index contributed by atoms with van der Waals surface area (Å²) < 4.78 is 11.2. The Morgan fingerprint density at radius 1 is 1.30 bits per heavy atom. The van der Waals surface area contributed by atoms with E-state index in [2.05, 4.69) is 4.98 Å². The van der Waals surface area contributed by atoms with Crippen LogP contribution in [-0.2, 0) is 4.74 Å². The zero-order chi connectivity index (χ0) is 19.7. The molecule has 8 nitrogen and oxygen atoms in total. The number of benzene rings is 1. The highest BCUT2D eigenvalue weighted by atomic mass is 16.6. The third kappa shape index (κ3) is 3.84. The summed E-state index contributed by atoms with van der Waals surface area (Å²) in [5, 5.41) is 9.34. The molecule has 2 heterocycles. The molecule has 1 saturated heterocycles. The lowest BCUT2D eigenvalue weighted by Gasteiger charge is -2.43. The summed E-state index contributed by atoms with van der Waals surface area (Å²) in [5.74, 6) is -0.757. The van der Waals surface area contributed by atoms with Gasteiger partial charge >= 0.3 is 12.1 Å². The molecule has 1 aromatic heterocycles. The van der Waals surface area contributed by atoms with Gasteiger partial charge in [0.05, 0.1) is 12.2 Å². The first-order valence-corrected chi connectivity index (χ1v) is 9.10. The van der Waals surface area contributed by atoms with E-state index in [9.17, 15) is 14.7 Å². The first-order chi connectivity index (χ1) is 12.8. The number of amides is 1. The van der Waals surface area contributed by atoms with Gasteiger partial charge in [0.1, 0.15) is 5.52 Å². The highest BCUT2D eigenvalue weighted by Gasteiger charge is 2.35. The van der Waals surface area contributed by atoms with Gasteiger partial charge in [-0.1, -0.05) is 19.9 Å². The van der Waals surface area contributed by atoms with Gasteiger partial charge in [-0.3, -0.25) is 0 Å². The van der Waals surface area contributed by atoms with Gasteiger partial charge in [-0.15, -0.1) is 0 Å². The molecule has 2 aromatic rings. The number of hydrogen-bond acceptors (Lipinski definition) is 6. The van der Waals surface area contributed by atoms with Crippen LogP contribution in [0.15, 0.2) is 22.6 Å². The molecule has 1 aliphatic heterocycles. The number of hydrogen-bond donors (Lipinski definition) is 1. The first kappa shape index (κ1) is 19.0. The molecule has 0 aliphatic carbocycles. The number of para-hydroxylation sites is 1. The van der Waals surface area contributed by atoms with Crippen molar-refractivity contribution >= 4 is 29.2 Å². The lowest BCUT2D eigenvalue weighted by Crippen LogP contribution is -2.58. The summed E-state index contributed by atoms with van der Waals surface area (Å²) >= 11 is 0. The Bertz CT molecular complexity index is 835. The average Bonchev–Trinajstić information content (AvgIpc) is 3.02. The Labute approximate surface area is 157 Å². The molecule has 1 aromatic carbocycles. The minimum absolute atomic E-state index is 0.0540. The molecular formula is C19H25N3O5. The Balaban J connectivity index is 1.80. The number of oxazole rings is 1. The molecule has 27 heavy (non-hydrogen) atoms. The van der Waals surface area contributed by atoms with E-state index in [-0.39, 0.29) is 29.7 Å². The summed E-state index contributed by atoms with van der Waals surface area (Å²) in [7, 11) is 0. The number of rotatable bonds is 4. The van der Waals surface area contributed by atoms with Crippen LogP contribution in [0.3, 0.4) is 0 Å². The molecule has 0 spiro atoms. The van der Waals surface area contributed by atoms with Crippen LogP contribution in [0.4, 0.5) is 10.8 Å². The summed E-state index contributed by atoms with van der Waals surface area (Å²) in [6.45, 7) is 9.30. The maximum Gasteiger partial charge on any atom is 0.409 e. The second-order valence-electron chi connectivity index (χ2n) is 7.43. The predicted octanol–water partition coefficient (Wildman–Crippen LogP) is 3.22. The Morgan fingerprint density at radius 2 is 1.96 bits per heavy atom. The first-order valence-electron chi connectivity index (χ1n) is 9.10. The topological polar surface area (TPSA) is 96.1 Å². The fraction of sp³-hybridized carbons (Fsp3) is 0.526. The number of nitrogens with zero attached hydrogens (tertiary/aromatic N) is 3. The maximum absolute atomic E-state index is 12.3. The smallest absolute Gasteiger partial charge is 0.409 e. The predicted molar refractivity (Wildman–Crippen MR) is 100 cm³/mol. The van der Waals surface area contributed by atoms with E-state index in [0.29, 0.717) is 36.8 Å². The van der Waals surface area contributed by atoms with Crippen molar-refractivity contribution in [2.75, 3.05) is 24.6 Å². The van der Waals surface area contributed by atoms with Crippen molar-refractivity contribution < 1.29 is 23.8 Å². The summed E-state index contributed by atoms with van der Waals surface area (Å²) in [6, 6.07) is 5.10. The van der Waals surface area contributed by atoms with Crippen LogP contribution in [0.5, 0.6) is 0 Å². The number of fused-ring (bicyclic) bond motifs is 1. The minimum atomic E-state index is -1.04. The molecule has 8 heteroatoms. The summed E-state index contributed by atoms with van der Waals surface area (Å²) in [4.78, 5) is 31.8. The lowest BCUT2D eigenvalue weighted by molar-refractivity contribution is 0.0698. The van der Waals surface area contributed by atoms with Gasteiger partial charge in [-0.2, -0.15) is 4.98 Å². The monoisotopic (exact) mass is 375 g/mol. The molecular weight excluding hydrogens is 350 g/mol. The van der Waals surface area contributed by atoms with Crippen LogP contribution >= 0.6 is 0 Å². The molecule has 2 atom stereocenters. The van der Waals surface area contributed by atoms with Gasteiger partial charge in [0, 0.05) is 25.2 Å². The quantitative estimate of drug-likeness (QED) is 0.876. The second kappa shape index (κ2) is 7.46. The van der Waals surface area contributed by atoms with Crippen molar-refractivity contribution in [1.29, 1.82) is 0 Å².